The molecule has 2 aromatic rings. The molecule has 0 bridgehead atoms. The number of anilines is 1. The SMILES string of the molecule is CN(CC(=O)O)c1nc2c(S(C)(=O)=O)cccc2s1. The Labute approximate surface area is 114 Å². The quantitative estimate of drug-likeness (QED) is 0.913. The van der Waals surface area contributed by atoms with Crippen LogP contribution in [0.4, 0.5) is 5.13 Å². The zero-order valence-electron chi connectivity index (χ0n) is 10.3. The van der Waals surface area contributed by atoms with Gasteiger partial charge in [-0.3, -0.25) is 4.79 Å². The fraction of sp³-hybridized carbons (Fsp3) is 0.273. The molecule has 19 heavy (non-hydrogen) atoms. The maximum atomic E-state index is 11.7. The van der Waals surface area contributed by atoms with Crippen LogP contribution in [0.2, 0.25) is 0 Å². The van der Waals surface area contributed by atoms with Crippen molar-refractivity contribution in [3.05, 3.63) is 18.2 Å². The summed E-state index contributed by atoms with van der Waals surface area (Å²) in [6.45, 7) is -0.186. The van der Waals surface area contributed by atoms with Crippen LogP contribution in [-0.4, -0.2) is 44.3 Å². The predicted octanol–water partition coefficient (Wildman–Crippen LogP) is 1.22. The van der Waals surface area contributed by atoms with Crippen LogP contribution in [-0.2, 0) is 14.6 Å². The number of aliphatic carboxylic acids is 1. The Morgan fingerprint density at radius 2 is 2.16 bits per heavy atom. The monoisotopic (exact) mass is 300 g/mol. The fourth-order valence-corrected chi connectivity index (χ4v) is 3.49. The van der Waals surface area contributed by atoms with E-state index in [2.05, 4.69) is 4.98 Å². The van der Waals surface area contributed by atoms with Gasteiger partial charge in [-0.05, 0) is 12.1 Å². The number of para-hydroxylation sites is 1. The molecular weight excluding hydrogens is 288 g/mol. The van der Waals surface area contributed by atoms with Crippen molar-refractivity contribution in [1.82, 2.24) is 4.98 Å². The largest absolute Gasteiger partial charge is 0.480 e. The third-order valence-electron chi connectivity index (χ3n) is 2.47. The fourth-order valence-electron chi connectivity index (χ4n) is 1.64. The van der Waals surface area contributed by atoms with Crippen LogP contribution in [0.5, 0.6) is 0 Å². The first-order valence-corrected chi connectivity index (χ1v) is 8.02. The Balaban J connectivity index is 2.55. The minimum Gasteiger partial charge on any atom is -0.480 e. The van der Waals surface area contributed by atoms with Gasteiger partial charge in [0.25, 0.3) is 0 Å². The number of nitrogens with zero attached hydrogens (tertiary/aromatic N) is 2. The van der Waals surface area contributed by atoms with E-state index in [0.29, 0.717) is 10.6 Å². The molecular formula is C11H12N2O4S2. The molecule has 2 rings (SSSR count). The molecule has 0 aliphatic carbocycles. The number of thiazole rings is 1. The Morgan fingerprint density at radius 3 is 2.74 bits per heavy atom. The summed E-state index contributed by atoms with van der Waals surface area (Å²) in [6, 6.07) is 4.91. The van der Waals surface area contributed by atoms with E-state index in [1.165, 1.54) is 22.3 Å². The van der Waals surface area contributed by atoms with Gasteiger partial charge in [0.05, 0.1) is 9.60 Å². The van der Waals surface area contributed by atoms with Crippen LogP contribution < -0.4 is 4.90 Å². The van der Waals surface area contributed by atoms with E-state index in [1.54, 1.807) is 19.2 Å². The molecule has 1 heterocycles. The second kappa shape index (κ2) is 4.78. The molecule has 0 saturated carbocycles. The molecule has 1 aromatic heterocycles. The average molecular weight is 300 g/mol. The Kier molecular flexibility index (Phi) is 3.46. The molecule has 0 unspecified atom stereocenters. The van der Waals surface area contributed by atoms with Gasteiger partial charge in [0.15, 0.2) is 15.0 Å². The molecule has 0 radical (unpaired) electrons. The first-order chi connectivity index (χ1) is 8.79. The van der Waals surface area contributed by atoms with Crippen LogP contribution in [0.15, 0.2) is 23.1 Å². The lowest BCUT2D eigenvalue weighted by Crippen LogP contribution is -2.24. The van der Waals surface area contributed by atoms with Gasteiger partial charge in [-0.25, -0.2) is 13.4 Å². The summed E-state index contributed by atoms with van der Waals surface area (Å²) in [5.74, 6) is -0.968. The van der Waals surface area contributed by atoms with E-state index in [0.717, 1.165) is 11.0 Å². The van der Waals surface area contributed by atoms with E-state index in [-0.39, 0.29) is 11.4 Å². The standard InChI is InChI=1S/C11H12N2O4S2/c1-13(6-9(14)15)11-12-10-7(18-11)4-3-5-8(10)19(2,16)17/h3-5H,6H2,1-2H3,(H,14,15). The number of likely N-dealkylation sites (N-methyl/N-ethyl adjacent to an activating group) is 1. The van der Waals surface area contributed by atoms with Crippen molar-refractivity contribution in [3.8, 4) is 0 Å². The molecule has 8 heteroatoms. The van der Waals surface area contributed by atoms with Crippen LogP contribution >= 0.6 is 11.3 Å². The molecule has 1 N–H and O–H groups in total. The van der Waals surface area contributed by atoms with Crippen LogP contribution in [0, 0.1) is 0 Å². The summed E-state index contributed by atoms with van der Waals surface area (Å²) in [4.78, 5) is 16.5. The lowest BCUT2D eigenvalue weighted by molar-refractivity contribution is -0.135. The van der Waals surface area contributed by atoms with Gasteiger partial charge in [-0.15, -0.1) is 0 Å². The Morgan fingerprint density at radius 1 is 1.47 bits per heavy atom. The van der Waals surface area contributed by atoms with E-state index in [4.69, 9.17) is 5.11 Å². The first-order valence-electron chi connectivity index (χ1n) is 5.31. The van der Waals surface area contributed by atoms with Gasteiger partial charge in [-0.2, -0.15) is 0 Å². The number of carboxylic acids is 1. The zero-order chi connectivity index (χ0) is 14.2. The Bertz CT molecular complexity index is 736. The highest BCUT2D eigenvalue weighted by Gasteiger charge is 2.17. The molecule has 102 valence electrons. The number of carboxylic acid groups (broad SMARTS) is 1. The van der Waals surface area contributed by atoms with E-state index in [1.807, 2.05) is 0 Å². The molecule has 0 atom stereocenters. The van der Waals surface area contributed by atoms with Crippen molar-refractivity contribution in [2.24, 2.45) is 0 Å². The minimum absolute atomic E-state index is 0.163. The average Bonchev–Trinajstić information content (AvgIpc) is 2.69. The van der Waals surface area contributed by atoms with Gasteiger partial charge in [-0.1, -0.05) is 17.4 Å². The third kappa shape index (κ3) is 2.85. The number of hydrogen-bond acceptors (Lipinski definition) is 6. The van der Waals surface area contributed by atoms with Gasteiger partial charge in [0.2, 0.25) is 0 Å². The van der Waals surface area contributed by atoms with Crippen LogP contribution in [0.25, 0.3) is 10.2 Å². The lowest BCUT2D eigenvalue weighted by Gasteiger charge is -2.11. The molecule has 0 fully saturated rings. The number of rotatable bonds is 4. The van der Waals surface area contributed by atoms with Gasteiger partial charge >= 0.3 is 5.97 Å². The number of benzene rings is 1. The van der Waals surface area contributed by atoms with Crippen LogP contribution in [0.1, 0.15) is 0 Å². The summed E-state index contributed by atoms with van der Waals surface area (Å²) < 4.78 is 24.0. The number of hydrogen-bond donors (Lipinski definition) is 1. The molecule has 0 aliphatic rings. The van der Waals surface area contributed by atoms with Gasteiger partial charge < -0.3 is 10.0 Å². The van der Waals surface area contributed by atoms with E-state index in [9.17, 15) is 13.2 Å². The summed E-state index contributed by atoms with van der Waals surface area (Å²) in [5.41, 5.74) is 0.391. The van der Waals surface area contributed by atoms with Crippen molar-refractivity contribution < 1.29 is 18.3 Å². The second-order valence-corrected chi connectivity index (χ2v) is 7.11. The highest BCUT2D eigenvalue weighted by molar-refractivity contribution is 7.91. The molecule has 0 amide bonds. The normalized spacial score (nSPS) is 11.7. The molecule has 6 nitrogen and oxygen atoms in total. The maximum absolute atomic E-state index is 11.7. The Hall–Kier alpha value is -1.67. The van der Waals surface area contributed by atoms with Crippen molar-refractivity contribution in [1.29, 1.82) is 0 Å². The van der Waals surface area contributed by atoms with Gasteiger partial charge in [0, 0.05) is 13.3 Å². The summed E-state index contributed by atoms with van der Waals surface area (Å²) in [5, 5.41) is 9.22. The number of carbonyl (C=O) groups is 1. The molecule has 0 aliphatic heterocycles. The van der Waals surface area contributed by atoms with Gasteiger partial charge in [0.1, 0.15) is 12.1 Å². The topological polar surface area (TPSA) is 87.6 Å². The number of aromatic nitrogens is 1. The summed E-state index contributed by atoms with van der Waals surface area (Å²) in [7, 11) is -1.75. The summed E-state index contributed by atoms with van der Waals surface area (Å²) >= 11 is 1.26. The van der Waals surface area contributed by atoms with E-state index >= 15 is 0 Å². The van der Waals surface area contributed by atoms with Crippen molar-refractivity contribution in [3.63, 3.8) is 0 Å². The first kappa shape index (κ1) is 13.8. The van der Waals surface area contributed by atoms with Crippen molar-refractivity contribution in [2.75, 3.05) is 24.7 Å². The predicted molar refractivity (Wildman–Crippen MR) is 73.6 cm³/mol. The van der Waals surface area contributed by atoms with Crippen molar-refractivity contribution in [2.45, 2.75) is 4.90 Å². The molecule has 1 aromatic carbocycles. The smallest absolute Gasteiger partial charge is 0.323 e. The molecule has 0 spiro atoms. The van der Waals surface area contributed by atoms with Crippen molar-refractivity contribution >= 4 is 42.5 Å². The van der Waals surface area contributed by atoms with E-state index < -0.39 is 15.8 Å². The highest BCUT2D eigenvalue weighted by Crippen LogP contribution is 2.31. The number of fused-ring (bicyclic) bond motifs is 1. The zero-order valence-corrected chi connectivity index (χ0v) is 12.0. The minimum atomic E-state index is -3.36. The maximum Gasteiger partial charge on any atom is 0.323 e. The lowest BCUT2D eigenvalue weighted by atomic mass is 10.3. The highest BCUT2D eigenvalue weighted by atomic mass is 32.2. The van der Waals surface area contributed by atoms with Crippen LogP contribution in [0.3, 0.4) is 0 Å². The third-order valence-corrected chi connectivity index (χ3v) is 4.73. The second-order valence-electron chi connectivity index (χ2n) is 4.12. The summed E-state index contributed by atoms with van der Waals surface area (Å²) in [6.07, 6.45) is 1.13. The molecule has 0 saturated heterocycles. The number of sulfone groups is 1.